The van der Waals surface area contributed by atoms with Crippen LogP contribution < -0.4 is 0 Å². The highest BCUT2D eigenvalue weighted by Gasteiger charge is 2.09. The van der Waals surface area contributed by atoms with Crippen LogP contribution in [0.15, 0.2) is 0 Å². The molecule has 0 aromatic carbocycles. The average Bonchev–Trinajstić information content (AvgIpc) is 1.58. The van der Waals surface area contributed by atoms with Crippen molar-refractivity contribution in [2.45, 2.75) is 26.4 Å². The summed E-state index contributed by atoms with van der Waals surface area (Å²) in [5.74, 6) is -1.85. The van der Waals surface area contributed by atoms with Gasteiger partial charge in [-0.05, 0) is 13.8 Å². The number of hydrogen-bond acceptors (Lipinski definition) is 3. The largest absolute Gasteiger partial charge is 0.481 e. The summed E-state index contributed by atoms with van der Waals surface area (Å²) < 4.78 is 4.54. The Hall–Kier alpha value is -1.06. The van der Waals surface area contributed by atoms with Gasteiger partial charge in [-0.25, -0.2) is 0 Å². The van der Waals surface area contributed by atoms with Crippen molar-refractivity contribution in [1.82, 2.24) is 0 Å². The normalized spacial score (nSPS) is 9.50. The number of ether oxygens (including phenoxy) is 1. The van der Waals surface area contributed by atoms with Crippen LogP contribution in [-0.2, 0) is 14.3 Å². The summed E-state index contributed by atoms with van der Waals surface area (Å²) >= 11 is 0. The van der Waals surface area contributed by atoms with Crippen molar-refractivity contribution in [1.29, 1.82) is 0 Å². The van der Waals surface area contributed by atoms with Crippen LogP contribution in [0, 0.1) is 0 Å². The lowest BCUT2D eigenvalue weighted by Gasteiger charge is -2.04. The van der Waals surface area contributed by atoms with Crippen LogP contribution >= 0.6 is 0 Å². The number of esters is 1. The molecule has 0 aliphatic carbocycles. The highest BCUT2D eigenvalue weighted by molar-refractivity contribution is 5.90. The van der Waals surface area contributed by atoms with E-state index in [1.54, 1.807) is 13.8 Å². The molecule has 10 heavy (non-hydrogen) atoms. The van der Waals surface area contributed by atoms with Gasteiger partial charge in [0.1, 0.15) is 6.42 Å². The second kappa shape index (κ2) is 3.87. The van der Waals surface area contributed by atoms with Gasteiger partial charge < -0.3 is 9.84 Å². The third kappa shape index (κ3) is 5.08. The van der Waals surface area contributed by atoms with Gasteiger partial charge in [-0.1, -0.05) is 0 Å². The fourth-order valence-corrected chi connectivity index (χ4v) is 0.428. The van der Waals surface area contributed by atoms with E-state index in [4.69, 9.17) is 5.11 Å². The smallest absolute Gasteiger partial charge is 0.317 e. The van der Waals surface area contributed by atoms with Crippen LogP contribution in [0.3, 0.4) is 0 Å². The molecular weight excluding hydrogens is 136 g/mol. The van der Waals surface area contributed by atoms with E-state index in [2.05, 4.69) is 4.74 Å². The third-order valence-corrected chi connectivity index (χ3v) is 0.663. The van der Waals surface area contributed by atoms with E-state index >= 15 is 0 Å². The number of carbonyl (C=O) groups is 2. The highest BCUT2D eigenvalue weighted by atomic mass is 16.5. The summed E-state index contributed by atoms with van der Waals surface area (Å²) in [6, 6.07) is 0. The lowest BCUT2D eigenvalue weighted by atomic mass is 10.4. The zero-order valence-electron chi connectivity index (χ0n) is 5.96. The predicted molar refractivity (Wildman–Crippen MR) is 33.5 cm³/mol. The molecule has 0 fully saturated rings. The molecule has 1 N–H and O–H groups in total. The van der Waals surface area contributed by atoms with Crippen molar-refractivity contribution in [2.75, 3.05) is 0 Å². The molecule has 0 aliphatic rings. The Morgan fingerprint density at radius 3 is 2.30 bits per heavy atom. The zero-order valence-corrected chi connectivity index (χ0v) is 5.96. The molecule has 0 aromatic heterocycles. The molecule has 0 aromatic rings. The number of aliphatic carboxylic acids is 1. The summed E-state index contributed by atoms with van der Waals surface area (Å²) in [4.78, 5) is 20.4. The molecule has 4 heteroatoms. The maximum Gasteiger partial charge on any atom is 0.317 e. The van der Waals surface area contributed by atoms with E-state index in [1.807, 2.05) is 0 Å². The topological polar surface area (TPSA) is 63.6 Å². The van der Waals surface area contributed by atoms with Gasteiger partial charge in [0, 0.05) is 0 Å². The first-order valence-electron chi connectivity index (χ1n) is 2.93. The minimum Gasteiger partial charge on any atom is -0.481 e. The molecule has 0 radical (unpaired) electrons. The van der Waals surface area contributed by atoms with E-state index in [9.17, 15) is 9.59 Å². The van der Waals surface area contributed by atoms with Gasteiger partial charge in [-0.15, -0.1) is 0 Å². The standard InChI is InChI=1S/C6H10O4/c1-4(2)10-6(9)3-5(7)8/h4H,3H2,1-2H3,(H,7,8). The summed E-state index contributed by atoms with van der Waals surface area (Å²) in [5, 5.41) is 8.10. The van der Waals surface area contributed by atoms with E-state index in [1.165, 1.54) is 0 Å². The first-order chi connectivity index (χ1) is 4.52. The molecule has 0 saturated carbocycles. The SMILES string of the molecule is CC(C)OC(=O)CC(=O)O. The lowest BCUT2D eigenvalue weighted by Crippen LogP contribution is -2.14. The van der Waals surface area contributed by atoms with E-state index in [-0.39, 0.29) is 6.10 Å². The summed E-state index contributed by atoms with van der Waals surface area (Å²) in [6.45, 7) is 3.33. The molecule has 0 saturated heterocycles. The van der Waals surface area contributed by atoms with Gasteiger partial charge in [0.25, 0.3) is 0 Å². The van der Waals surface area contributed by atoms with Gasteiger partial charge in [-0.2, -0.15) is 0 Å². The lowest BCUT2D eigenvalue weighted by molar-refractivity contribution is -0.153. The number of rotatable bonds is 3. The number of hydrogen-bond donors (Lipinski definition) is 1. The molecule has 58 valence electrons. The molecule has 0 amide bonds. The maximum absolute atomic E-state index is 10.5. The molecular formula is C6H10O4. The van der Waals surface area contributed by atoms with Gasteiger partial charge in [0.15, 0.2) is 0 Å². The monoisotopic (exact) mass is 146 g/mol. The van der Waals surface area contributed by atoms with Crippen LogP contribution in [0.5, 0.6) is 0 Å². The minimum atomic E-state index is -1.16. The van der Waals surface area contributed by atoms with Crippen LogP contribution in [0.4, 0.5) is 0 Å². The second-order valence-electron chi connectivity index (χ2n) is 2.11. The fraction of sp³-hybridized carbons (Fsp3) is 0.667. The molecule has 0 aliphatic heterocycles. The van der Waals surface area contributed by atoms with Gasteiger partial charge in [-0.3, -0.25) is 9.59 Å². The van der Waals surface area contributed by atoms with Gasteiger partial charge in [0.05, 0.1) is 6.10 Å². The highest BCUT2D eigenvalue weighted by Crippen LogP contribution is 1.92. The first-order valence-corrected chi connectivity index (χ1v) is 2.93. The Bertz CT molecular complexity index is 139. The summed E-state index contributed by atoms with van der Waals surface area (Å²) in [5.41, 5.74) is 0. The van der Waals surface area contributed by atoms with Gasteiger partial charge >= 0.3 is 11.9 Å². The van der Waals surface area contributed by atoms with Gasteiger partial charge in [0.2, 0.25) is 0 Å². The molecule has 0 unspecified atom stereocenters. The summed E-state index contributed by atoms with van der Waals surface area (Å²) in [6.07, 6.45) is -0.801. The number of carbonyl (C=O) groups excluding carboxylic acids is 1. The van der Waals surface area contributed by atoms with Crippen LogP contribution in [0.1, 0.15) is 20.3 Å². The first kappa shape index (κ1) is 8.94. The van der Waals surface area contributed by atoms with E-state index < -0.39 is 18.4 Å². The van der Waals surface area contributed by atoms with Crippen LogP contribution in [0.2, 0.25) is 0 Å². The predicted octanol–water partition coefficient (Wildman–Crippen LogP) is 0.413. The van der Waals surface area contributed by atoms with Crippen molar-refractivity contribution < 1.29 is 19.4 Å². The molecule has 0 atom stereocenters. The number of carboxylic acids is 1. The maximum atomic E-state index is 10.5. The van der Waals surface area contributed by atoms with Crippen molar-refractivity contribution in [3.05, 3.63) is 0 Å². The van der Waals surface area contributed by atoms with E-state index in [0.717, 1.165) is 0 Å². The Kier molecular flexibility index (Phi) is 3.46. The molecule has 4 nitrogen and oxygen atoms in total. The van der Waals surface area contributed by atoms with Crippen molar-refractivity contribution >= 4 is 11.9 Å². The zero-order chi connectivity index (χ0) is 8.15. The Labute approximate surface area is 58.8 Å². The summed E-state index contributed by atoms with van der Waals surface area (Å²) in [7, 11) is 0. The average molecular weight is 146 g/mol. The third-order valence-electron chi connectivity index (χ3n) is 0.663. The number of carboxylic acid groups (broad SMARTS) is 1. The fourth-order valence-electron chi connectivity index (χ4n) is 0.428. The Morgan fingerprint density at radius 1 is 1.50 bits per heavy atom. The molecule has 0 heterocycles. The van der Waals surface area contributed by atoms with Crippen LogP contribution in [-0.4, -0.2) is 23.1 Å². The van der Waals surface area contributed by atoms with E-state index in [0.29, 0.717) is 0 Å². The minimum absolute atomic E-state index is 0.244. The Balaban J connectivity index is 3.54. The Morgan fingerprint density at radius 2 is 2.00 bits per heavy atom. The molecule has 0 spiro atoms. The second-order valence-corrected chi connectivity index (χ2v) is 2.11. The van der Waals surface area contributed by atoms with Crippen molar-refractivity contribution in [3.8, 4) is 0 Å². The van der Waals surface area contributed by atoms with Crippen LogP contribution in [0.25, 0.3) is 0 Å². The quantitative estimate of drug-likeness (QED) is 0.462. The molecule has 0 bridgehead atoms. The van der Waals surface area contributed by atoms with Crippen molar-refractivity contribution in [3.63, 3.8) is 0 Å². The van der Waals surface area contributed by atoms with Crippen molar-refractivity contribution in [2.24, 2.45) is 0 Å². The molecule has 0 rings (SSSR count).